The molecule has 8 heteroatoms. The summed E-state index contributed by atoms with van der Waals surface area (Å²) in [4.78, 5) is 11.5. The zero-order valence-electron chi connectivity index (χ0n) is 11.8. The van der Waals surface area contributed by atoms with Crippen LogP contribution in [-0.4, -0.2) is 39.3 Å². The summed E-state index contributed by atoms with van der Waals surface area (Å²) in [7, 11) is -3.82. The molecule has 0 unspecified atom stereocenters. The Balaban J connectivity index is 2.14. The number of ether oxygens (including phenoxy) is 1. The fraction of sp³-hybridized carbons (Fsp3) is 0.429. The van der Waals surface area contributed by atoms with E-state index in [1.807, 2.05) is 6.07 Å². The van der Waals surface area contributed by atoms with Gasteiger partial charge in [0.05, 0.1) is 21.9 Å². The largest absolute Gasteiger partial charge is 0.481 e. The maximum Gasteiger partial charge on any atom is 0.311 e. The second-order valence-electron chi connectivity index (χ2n) is 5.16. The normalized spacial score (nSPS) is 17.6. The molecule has 0 radical (unpaired) electrons. The van der Waals surface area contributed by atoms with Crippen molar-refractivity contribution in [2.45, 2.75) is 17.7 Å². The van der Waals surface area contributed by atoms with Crippen molar-refractivity contribution in [2.75, 3.05) is 19.8 Å². The Bertz CT molecular complexity index is 685. The lowest BCUT2D eigenvalue weighted by molar-refractivity contribution is -0.154. The zero-order valence-corrected chi connectivity index (χ0v) is 12.6. The van der Waals surface area contributed by atoms with Crippen LogP contribution in [0.3, 0.4) is 0 Å². The molecule has 2 N–H and O–H groups in total. The van der Waals surface area contributed by atoms with Gasteiger partial charge in [-0.25, -0.2) is 13.1 Å². The first-order valence-corrected chi connectivity index (χ1v) is 8.19. The van der Waals surface area contributed by atoms with E-state index in [0.717, 1.165) is 0 Å². The van der Waals surface area contributed by atoms with Gasteiger partial charge in [0.1, 0.15) is 0 Å². The number of benzene rings is 1. The molecule has 1 aromatic rings. The first-order valence-electron chi connectivity index (χ1n) is 6.71. The van der Waals surface area contributed by atoms with Gasteiger partial charge in [0.2, 0.25) is 10.0 Å². The summed E-state index contributed by atoms with van der Waals surface area (Å²) in [6.07, 6.45) is 0.524. The Kier molecular flexibility index (Phi) is 4.81. The Morgan fingerprint density at radius 2 is 1.91 bits per heavy atom. The molecule has 118 valence electrons. The van der Waals surface area contributed by atoms with E-state index < -0.39 is 21.4 Å². The van der Waals surface area contributed by atoms with E-state index in [1.54, 1.807) is 0 Å². The number of sulfonamides is 1. The van der Waals surface area contributed by atoms with Crippen LogP contribution in [0.25, 0.3) is 0 Å². The third kappa shape index (κ3) is 3.44. The lowest BCUT2D eigenvalue weighted by Gasteiger charge is -2.33. The average Bonchev–Trinajstić information content (AvgIpc) is 2.54. The highest BCUT2D eigenvalue weighted by Gasteiger charge is 2.41. The van der Waals surface area contributed by atoms with E-state index in [-0.39, 0.29) is 24.3 Å². The maximum atomic E-state index is 12.2. The number of aliphatic carboxylic acids is 1. The molecule has 0 aromatic heterocycles. The second kappa shape index (κ2) is 6.44. The van der Waals surface area contributed by atoms with Gasteiger partial charge in [-0.05, 0) is 37.1 Å². The summed E-state index contributed by atoms with van der Waals surface area (Å²) in [5.74, 6) is -1.03. The molecule has 1 fully saturated rings. The molecule has 1 aromatic carbocycles. The Morgan fingerprint density at radius 1 is 1.32 bits per heavy atom. The van der Waals surface area contributed by atoms with Crippen LogP contribution in [0.1, 0.15) is 18.4 Å². The predicted molar refractivity (Wildman–Crippen MR) is 76.5 cm³/mol. The number of carboxylic acids is 1. The number of carboxylic acid groups (broad SMARTS) is 1. The summed E-state index contributed by atoms with van der Waals surface area (Å²) in [6.45, 7) is 0.407. The second-order valence-corrected chi connectivity index (χ2v) is 6.93. The van der Waals surface area contributed by atoms with Gasteiger partial charge in [0.15, 0.2) is 0 Å². The van der Waals surface area contributed by atoms with Crippen LogP contribution < -0.4 is 4.72 Å². The van der Waals surface area contributed by atoms with Crippen LogP contribution in [0.15, 0.2) is 29.2 Å². The third-order valence-electron chi connectivity index (χ3n) is 3.80. The topological polar surface area (TPSA) is 116 Å². The molecular formula is C14H16N2O5S. The van der Waals surface area contributed by atoms with Gasteiger partial charge in [-0.2, -0.15) is 5.26 Å². The number of rotatable bonds is 5. The summed E-state index contributed by atoms with van der Waals surface area (Å²) < 4.78 is 31.9. The molecular weight excluding hydrogens is 308 g/mol. The van der Waals surface area contributed by atoms with E-state index >= 15 is 0 Å². The molecule has 0 saturated carbocycles. The van der Waals surface area contributed by atoms with Crippen LogP contribution in [-0.2, 0) is 19.6 Å². The van der Waals surface area contributed by atoms with Crippen LogP contribution in [0.5, 0.6) is 0 Å². The van der Waals surface area contributed by atoms with Gasteiger partial charge >= 0.3 is 5.97 Å². The molecule has 1 saturated heterocycles. The lowest BCUT2D eigenvalue weighted by atomic mass is 9.80. The molecule has 1 aliphatic rings. The van der Waals surface area contributed by atoms with E-state index in [9.17, 15) is 18.3 Å². The van der Waals surface area contributed by atoms with Crippen LogP contribution in [0.4, 0.5) is 0 Å². The number of carbonyl (C=O) groups is 1. The number of hydrogen-bond donors (Lipinski definition) is 2. The highest BCUT2D eigenvalue weighted by Crippen LogP contribution is 2.30. The summed E-state index contributed by atoms with van der Waals surface area (Å²) in [5, 5.41) is 18.1. The molecule has 0 spiro atoms. The summed E-state index contributed by atoms with van der Waals surface area (Å²) in [6, 6.07) is 7.34. The minimum Gasteiger partial charge on any atom is -0.481 e. The SMILES string of the molecule is N#Cc1ccc(S(=O)(=O)NCC2(C(=O)O)CCOCC2)cc1. The lowest BCUT2D eigenvalue weighted by Crippen LogP contribution is -2.46. The van der Waals surface area contributed by atoms with E-state index in [2.05, 4.69) is 4.72 Å². The molecule has 0 atom stereocenters. The highest BCUT2D eigenvalue weighted by molar-refractivity contribution is 7.89. The summed E-state index contributed by atoms with van der Waals surface area (Å²) in [5.41, 5.74) is -0.789. The molecule has 0 amide bonds. The van der Waals surface area contributed by atoms with Crippen molar-refractivity contribution >= 4 is 16.0 Å². The monoisotopic (exact) mass is 324 g/mol. The van der Waals surface area contributed by atoms with Crippen molar-refractivity contribution in [3.05, 3.63) is 29.8 Å². The standard InChI is InChI=1S/C14H16N2O5S/c15-9-11-1-3-12(4-2-11)22(19,20)16-10-14(13(17)18)5-7-21-8-6-14/h1-4,16H,5-8,10H2,(H,17,18). The molecule has 7 nitrogen and oxygen atoms in total. The van der Waals surface area contributed by atoms with Crippen LogP contribution in [0.2, 0.25) is 0 Å². The molecule has 0 bridgehead atoms. The molecule has 0 aliphatic carbocycles. The molecule has 22 heavy (non-hydrogen) atoms. The predicted octanol–water partition coefficient (Wildman–Crippen LogP) is 0.718. The van der Waals surface area contributed by atoms with E-state index in [4.69, 9.17) is 10.00 Å². The van der Waals surface area contributed by atoms with E-state index in [0.29, 0.717) is 18.8 Å². The van der Waals surface area contributed by atoms with Gasteiger partial charge in [0, 0.05) is 19.8 Å². The number of nitriles is 1. The quantitative estimate of drug-likeness (QED) is 0.824. The number of nitrogens with zero attached hydrogens (tertiary/aromatic N) is 1. The number of nitrogens with one attached hydrogen (secondary N) is 1. The highest BCUT2D eigenvalue weighted by atomic mass is 32.2. The molecule has 1 heterocycles. The molecule has 2 rings (SSSR count). The van der Waals surface area contributed by atoms with Gasteiger partial charge < -0.3 is 9.84 Å². The van der Waals surface area contributed by atoms with Crippen LogP contribution in [0, 0.1) is 16.7 Å². The van der Waals surface area contributed by atoms with Gasteiger partial charge in [0.25, 0.3) is 0 Å². The Morgan fingerprint density at radius 3 is 2.41 bits per heavy atom. The van der Waals surface area contributed by atoms with Crippen molar-refractivity contribution in [1.82, 2.24) is 4.72 Å². The minimum absolute atomic E-state index is 0.000835. The van der Waals surface area contributed by atoms with Gasteiger partial charge in [-0.15, -0.1) is 0 Å². The Hall–Kier alpha value is -1.95. The van der Waals surface area contributed by atoms with Crippen molar-refractivity contribution in [2.24, 2.45) is 5.41 Å². The third-order valence-corrected chi connectivity index (χ3v) is 5.22. The van der Waals surface area contributed by atoms with Crippen molar-refractivity contribution < 1.29 is 23.1 Å². The van der Waals surface area contributed by atoms with Crippen molar-refractivity contribution in [3.63, 3.8) is 0 Å². The summed E-state index contributed by atoms with van der Waals surface area (Å²) >= 11 is 0. The van der Waals surface area contributed by atoms with Gasteiger partial charge in [-0.3, -0.25) is 4.79 Å². The maximum absolute atomic E-state index is 12.2. The Labute approximate surface area is 128 Å². The fourth-order valence-corrected chi connectivity index (χ4v) is 3.38. The fourth-order valence-electron chi connectivity index (χ4n) is 2.25. The average molecular weight is 324 g/mol. The number of hydrogen-bond acceptors (Lipinski definition) is 5. The zero-order chi connectivity index (χ0) is 16.2. The smallest absolute Gasteiger partial charge is 0.311 e. The van der Waals surface area contributed by atoms with Crippen molar-refractivity contribution in [1.29, 1.82) is 5.26 Å². The molecule has 1 aliphatic heterocycles. The van der Waals surface area contributed by atoms with Crippen LogP contribution >= 0.6 is 0 Å². The minimum atomic E-state index is -3.82. The first kappa shape index (κ1) is 16.4. The van der Waals surface area contributed by atoms with E-state index in [1.165, 1.54) is 24.3 Å². The van der Waals surface area contributed by atoms with Crippen molar-refractivity contribution in [3.8, 4) is 6.07 Å². The first-order chi connectivity index (χ1) is 10.4. The van der Waals surface area contributed by atoms with Gasteiger partial charge in [-0.1, -0.05) is 0 Å².